The van der Waals surface area contributed by atoms with Crippen LogP contribution in [0.5, 0.6) is 0 Å². The molecule has 2 N–H and O–H groups in total. The molecule has 0 unspecified atom stereocenters. The van der Waals surface area contributed by atoms with Crippen LogP contribution in [0.2, 0.25) is 0 Å². The van der Waals surface area contributed by atoms with Crippen molar-refractivity contribution < 1.29 is 0 Å². The van der Waals surface area contributed by atoms with E-state index in [2.05, 4.69) is 65.8 Å². The van der Waals surface area contributed by atoms with Gasteiger partial charge in [0, 0.05) is 24.5 Å². The molecular formula is C21H26N4S. The SMILES string of the molecule is CCN1CCCc2cc(/C=N/NC(=S)Nc3cccc(C)c3C)ccc21. The van der Waals surface area contributed by atoms with Gasteiger partial charge in [0.2, 0.25) is 0 Å². The van der Waals surface area contributed by atoms with E-state index in [1.807, 2.05) is 18.3 Å². The van der Waals surface area contributed by atoms with Gasteiger partial charge in [0.25, 0.3) is 0 Å². The van der Waals surface area contributed by atoms with Crippen molar-refractivity contribution in [3.63, 3.8) is 0 Å². The number of rotatable bonds is 4. The fraction of sp³-hybridized carbons (Fsp3) is 0.333. The lowest BCUT2D eigenvalue weighted by Crippen LogP contribution is -2.28. The first kappa shape index (κ1) is 18.4. The zero-order valence-corrected chi connectivity index (χ0v) is 16.5. The van der Waals surface area contributed by atoms with Crippen molar-refractivity contribution in [3.05, 3.63) is 58.7 Å². The number of anilines is 2. The molecule has 2 aromatic rings. The Bertz CT molecular complexity index is 829. The average Bonchev–Trinajstić information content (AvgIpc) is 2.64. The summed E-state index contributed by atoms with van der Waals surface area (Å²) in [5.41, 5.74) is 10.2. The summed E-state index contributed by atoms with van der Waals surface area (Å²) in [4.78, 5) is 2.43. The van der Waals surface area contributed by atoms with E-state index in [0.717, 1.165) is 30.8 Å². The minimum Gasteiger partial charge on any atom is -0.372 e. The second-order valence-electron chi connectivity index (χ2n) is 6.64. The smallest absolute Gasteiger partial charge is 0.191 e. The van der Waals surface area contributed by atoms with Crippen molar-refractivity contribution in [1.82, 2.24) is 5.43 Å². The Balaban J connectivity index is 1.62. The molecule has 0 saturated carbocycles. The van der Waals surface area contributed by atoms with Gasteiger partial charge in [-0.3, -0.25) is 5.43 Å². The van der Waals surface area contributed by atoms with Crippen LogP contribution in [0, 0.1) is 13.8 Å². The first-order valence-electron chi connectivity index (χ1n) is 9.12. The second kappa shape index (κ2) is 8.32. The van der Waals surface area contributed by atoms with E-state index in [1.165, 1.54) is 28.8 Å². The first-order chi connectivity index (χ1) is 12.6. The Morgan fingerprint density at radius 2 is 2.12 bits per heavy atom. The quantitative estimate of drug-likeness (QED) is 0.478. The van der Waals surface area contributed by atoms with Crippen molar-refractivity contribution in [2.75, 3.05) is 23.3 Å². The van der Waals surface area contributed by atoms with E-state index in [-0.39, 0.29) is 0 Å². The summed E-state index contributed by atoms with van der Waals surface area (Å²) < 4.78 is 0. The van der Waals surface area contributed by atoms with Crippen LogP contribution in [0.15, 0.2) is 41.5 Å². The van der Waals surface area contributed by atoms with E-state index in [0.29, 0.717) is 5.11 Å². The Labute approximate surface area is 161 Å². The highest BCUT2D eigenvalue weighted by atomic mass is 32.1. The first-order valence-corrected chi connectivity index (χ1v) is 9.53. The number of benzene rings is 2. The van der Waals surface area contributed by atoms with E-state index >= 15 is 0 Å². The van der Waals surface area contributed by atoms with Gasteiger partial charge in [-0.2, -0.15) is 5.10 Å². The van der Waals surface area contributed by atoms with E-state index in [4.69, 9.17) is 12.2 Å². The fourth-order valence-corrected chi connectivity index (χ4v) is 3.47. The molecule has 136 valence electrons. The zero-order chi connectivity index (χ0) is 18.5. The lowest BCUT2D eigenvalue weighted by molar-refractivity contribution is 0.708. The molecule has 0 fully saturated rings. The molecule has 26 heavy (non-hydrogen) atoms. The lowest BCUT2D eigenvalue weighted by atomic mass is 9.99. The molecule has 3 rings (SSSR count). The van der Waals surface area contributed by atoms with E-state index < -0.39 is 0 Å². The molecule has 0 aliphatic carbocycles. The van der Waals surface area contributed by atoms with Crippen LogP contribution in [0.1, 0.15) is 35.6 Å². The standard InChI is InChI=1S/C21H26N4S/c1-4-25-12-6-8-18-13-17(10-11-20(18)25)14-22-24-21(26)23-19-9-5-7-15(2)16(19)3/h5,7,9-11,13-14H,4,6,8,12H2,1-3H3,(H2,23,24,26)/b22-14+. The van der Waals surface area contributed by atoms with Crippen LogP contribution in [0.3, 0.4) is 0 Å². The Kier molecular flexibility index (Phi) is 5.89. The molecule has 0 saturated heterocycles. The number of aryl methyl sites for hydroxylation is 2. The topological polar surface area (TPSA) is 39.7 Å². The van der Waals surface area contributed by atoms with Crippen molar-refractivity contribution in [2.24, 2.45) is 5.10 Å². The summed E-state index contributed by atoms with van der Waals surface area (Å²) in [5, 5.41) is 7.98. The van der Waals surface area contributed by atoms with Crippen LogP contribution < -0.4 is 15.6 Å². The van der Waals surface area contributed by atoms with Crippen LogP contribution in [0.4, 0.5) is 11.4 Å². The minimum atomic E-state index is 0.491. The van der Waals surface area contributed by atoms with Gasteiger partial charge in [0.05, 0.1) is 6.21 Å². The zero-order valence-electron chi connectivity index (χ0n) is 15.7. The summed E-state index contributed by atoms with van der Waals surface area (Å²) in [6.45, 7) is 8.58. The van der Waals surface area contributed by atoms with E-state index in [1.54, 1.807) is 0 Å². The molecular weight excluding hydrogens is 340 g/mol. The maximum Gasteiger partial charge on any atom is 0.191 e. The van der Waals surface area contributed by atoms with Gasteiger partial charge in [0.15, 0.2) is 5.11 Å². The third-order valence-electron chi connectivity index (χ3n) is 4.93. The van der Waals surface area contributed by atoms with Crippen LogP contribution in [-0.4, -0.2) is 24.4 Å². The number of hydrogen-bond acceptors (Lipinski definition) is 3. The molecule has 4 nitrogen and oxygen atoms in total. The van der Waals surface area contributed by atoms with Gasteiger partial charge in [0.1, 0.15) is 0 Å². The van der Waals surface area contributed by atoms with Crippen LogP contribution in [0.25, 0.3) is 0 Å². The predicted octanol–water partition coefficient (Wildman–Crippen LogP) is 4.40. The number of fused-ring (bicyclic) bond motifs is 1. The Morgan fingerprint density at radius 3 is 2.92 bits per heavy atom. The number of nitrogens with zero attached hydrogens (tertiary/aromatic N) is 2. The Morgan fingerprint density at radius 1 is 1.27 bits per heavy atom. The molecule has 1 heterocycles. The van der Waals surface area contributed by atoms with Gasteiger partial charge >= 0.3 is 0 Å². The molecule has 0 spiro atoms. The van der Waals surface area contributed by atoms with Crippen molar-refractivity contribution in [2.45, 2.75) is 33.6 Å². The van der Waals surface area contributed by atoms with Crippen molar-refractivity contribution >= 4 is 34.9 Å². The van der Waals surface area contributed by atoms with Gasteiger partial charge < -0.3 is 10.2 Å². The number of hydrazone groups is 1. The van der Waals surface area contributed by atoms with Crippen LogP contribution in [-0.2, 0) is 6.42 Å². The van der Waals surface area contributed by atoms with Crippen molar-refractivity contribution in [3.8, 4) is 0 Å². The van der Waals surface area contributed by atoms with E-state index in [9.17, 15) is 0 Å². The highest BCUT2D eigenvalue weighted by Gasteiger charge is 2.15. The second-order valence-corrected chi connectivity index (χ2v) is 7.05. The summed E-state index contributed by atoms with van der Waals surface area (Å²) in [6, 6.07) is 12.7. The number of thiocarbonyl (C=S) groups is 1. The third-order valence-corrected chi connectivity index (χ3v) is 5.13. The molecule has 0 radical (unpaired) electrons. The fourth-order valence-electron chi connectivity index (χ4n) is 3.31. The monoisotopic (exact) mass is 366 g/mol. The third kappa shape index (κ3) is 4.22. The molecule has 1 aliphatic heterocycles. The van der Waals surface area contributed by atoms with Gasteiger partial charge in [-0.1, -0.05) is 18.2 Å². The van der Waals surface area contributed by atoms with Gasteiger partial charge in [-0.05, 0) is 86.3 Å². The molecule has 1 aliphatic rings. The van der Waals surface area contributed by atoms with Crippen molar-refractivity contribution in [1.29, 1.82) is 0 Å². The highest BCUT2D eigenvalue weighted by Crippen LogP contribution is 2.27. The molecule has 0 bridgehead atoms. The minimum absolute atomic E-state index is 0.491. The molecule has 0 atom stereocenters. The van der Waals surface area contributed by atoms with Crippen LogP contribution >= 0.6 is 12.2 Å². The summed E-state index contributed by atoms with van der Waals surface area (Å²) in [7, 11) is 0. The van der Waals surface area contributed by atoms with Gasteiger partial charge in [-0.25, -0.2) is 0 Å². The number of nitrogens with one attached hydrogen (secondary N) is 2. The lowest BCUT2D eigenvalue weighted by Gasteiger charge is -2.30. The summed E-state index contributed by atoms with van der Waals surface area (Å²) >= 11 is 5.34. The maximum absolute atomic E-state index is 5.34. The number of hydrogen-bond donors (Lipinski definition) is 2. The molecule has 0 amide bonds. The largest absolute Gasteiger partial charge is 0.372 e. The molecule has 0 aromatic heterocycles. The normalized spacial score (nSPS) is 13.6. The molecule has 5 heteroatoms. The maximum atomic E-state index is 5.34. The summed E-state index contributed by atoms with van der Waals surface area (Å²) in [6.07, 6.45) is 4.17. The highest BCUT2D eigenvalue weighted by molar-refractivity contribution is 7.80. The summed E-state index contributed by atoms with van der Waals surface area (Å²) in [5.74, 6) is 0. The molecule has 2 aromatic carbocycles. The predicted molar refractivity (Wildman–Crippen MR) is 116 cm³/mol. The average molecular weight is 367 g/mol. The van der Waals surface area contributed by atoms with Gasteiger partial charge in [-0.15, -0.1) is 0 Å². The Hall–Kier alpha value is -2.40.